The lowest BCUT2D eigenvalue weighted by Crippen LogP contribution is -2.15. The van der Waals surface area contributed by atoms with Crippen LogP contribution in [0.25, 0.3) is 0 Å². The Morgan fingerprint density at radius 1 is 1.24 bits per heavy atom. The maximum Gasteiger partial charge on any atom is 0.258 e. The van der Waals surface area contributed by atoms with Gasteiger partial charge in [0.1, 0.15) is 5.82 Å². The first-order chi connectivity index (χ1) is 10.0. The fourth-order valence-corrected chi connectivity index (χ4v) is 1.81. The molecule has 4 N–H and O–H groups in total. The molecule has 0 heterocycles. The zero-order chi connectivity index (χ0) is 15.4. The molecule has 0 unspecified atom stereocenters. The number of benzene rings is 2. The molecule has 21 heavy (non-hydrogen) atoms. The van der Waals surface area contributed by atoms with E-state index in [1.807, 2.05) is 0 Å². The van der Waals surface area contributed by atoms with Crippen LogP contribution in [-0.2, 0) is 0 Å². The topological polar surface area (TPSA) is 87.7 Å². The van der Waals surface area contributed by atoms with Crippen molar-refractivity contribution in [3.05, 3.63) is 64.4 Å². The molecule has 0 spiro atoms. The van der Waals surface area contributed by atoms with Gasteiger partial charge in [0.15, 0.2) is 5.84 Å². The number of nitrogens with one attached hydrogen (secondary N) is 1. The van der Waals surface area contributed by atoms with Crippen LogP contribution in [0.3, 0.4) is 0 Å². The summed E-state index contributed by atoms with van der Waals surface area (Å²) in [6.45, 7) is 0. The highest BCUT2D eigenvalue weighted by molar-refractivity contribution is 6.30. The summed E-state index contributed by atoms with van der Waals surface area (Å²) in [4.78, 5) is 11.9. The van der Waals surface area contributed by atoms with Crippen LogP contribution >= 0.6 is 11.6 Å². The highest BCUT2D eigenvalue weighted by atomic mass is 35.5. The van der Waals surface area contributed by atoms with E-state index in [2.05, 4.69) is 10.5 Å². The zero-order valence-corrected chi connectivity index (χ0v) is 11.4. The number of oxime groups is 1. The van der Waals surface area contributed by atoms with Crippen molar-refractivity contribution in [3.63, 3.8) is 0 Å². The summed E-state index contributed by atoms with van der Waals surface area (Å²) < 4.78 is 13.6. The number of halogens is 2. The summed E-state index contributed by atoms with van der Waals surface area (Å²) in [5, 5.41) is 14.2. The second-order valence-corrected chi connectivity index (χ2v) is 4.58. The number of amides is 1. The summed E-state index contributed by atoms with van der Waals surface area (Å²) in [5.74, 6) is -1.34. The van der Waals surface area contributed by atoms with E-state index in [9.17, 15) is 9.18 Å². The Kier molecular flexibility index (Phi) is 4.39. The Hall–Kier alpha value is -2.60. The third-order valence-corrected chi connectivity index (χ3v) is 2.96. The van der Waals surface area contributed by atoms with E-state index in [1.165, 1.54) is 12.1 Å². The average molecular weight is 308 g/mol. The summed E-state index contributed by atoms with van der Waals surface area (Å²) in [6.07, 6.45) is 0. The number of hydrogen-bond acceptors (Lipinski definition) is 3. The molecule has 0 saturated heterocycles. The van der Waals surface area contributed by atoms with Gasteiger partial charge in [0.2, 0.25) is 0 Å². The van der Waals surface area contributed by atoms with Crippen LogP contribution in [0, 0.1) is 5.82 Å². The van der Waals surface area contributed by atoms with Crippen LogP contribution in [0.4, 0.5) is 10.1 Å². The van der Waals surface area contributed by atoms with Gasteiger partial charge in [-0.25, -0.2) is 4.39 Å². The first-order valence-corrected chi connectivity index (χ1v) is 6.23. The summed E-state index contributed by atoms with van der Waals surface area (Å²) in [6, 6.07) is 10.0. The third-order valence-electron chi connectivity index (χ3n) is 2.72. The van der Waals surface area contributed by atoms with Crippen molar-refractivity contribution in [2.75, 3.05) is 5.32 Å². The number of nitrogens with zero attached hydrogens (tertiary/aromatic N) is 1. The second kappa shape index (κ2) is 6.23. The van der Waals surface area contributed by atoms with Crippen LogP contribution in [0.5, 0.6) is 0 Å². The molecule has 2 aromatic rings. The molecule has 0 fully saturated rings. The quantitative estimate of drug-likeness (QED) is 0.352. The fourth-order valence-electron chi connectivity index (χ4n) is 1.65. The van der Waals surface area contributed by atoms with Crippen molar-refractivity contribution in [1.82, 2.24) is 0 Å². The van der Waals surface area contributed by atoms with Crippen LogP contribution in [-0.4, -0.2) is 17.0 Å². The second-order valence-electron chi connectivity index (χ2n) is 4.14. The Labute approximate surface area is 124 Å². The van der Waals surface area contributed by atoms with Gasteiger partial charge in [-0.1, -0.05) is 16.8 Å². The van der Waals surface area contributed by atoms with E-state index in [-0.39, 0.29) is 16.4 Å². The predicted molar refractivity (Wildman–Crippen MR) is 78.3 cm³/mol. The molecule has 0 aromatic heterocycles. The largest absolute Gasteiger partial charge is 0.409 e. The molecular formula is C14H11ClFN3O2. The summed E-state index contributed by atoms with van der Waals surface area (Å²) in [7, 11) is 0. The Bertz CT molecular complexity index is 702. The molecule has 0 aliphatic heterocycles. The van der Waals surface area contributed by atoms with Gasteiger partial charge in [-0.2, -0.15) is 0 Å². The van der Waals surface area contributed by atoms with Crippen LogP contribution in [0.2, 0.25) is 5.02 Å². The predicted octanol–water partition coefficient (Wildman–Crippen LogP) is 2.83. The van der Waals surface area contributed by atoms with Crippen molar-refractivity contribution in [2.45, 2.75) is 0 Å². The molecule has 0 aliphatic rings. The minimum Gasteiger partial charge on any atom is -0.409 e. The Morgan fingerprint density at radius 2 is 1.90 bits per heavy atom. The molecule has 7 heteroatoms. The summed E-state index contributed by atoms with van der Waals surface area (Å²) >= 11 is 5.63. The number of hydrogen-bond donors (Lipinski definition) is 3. The molecule has 0 atom stereocenters. The van der Waals surface area contributed by atoms with E-state index < -0.39 is 11.7 Å². The smallest absolute Gasteiger partial charge is 0.258 e. The van der Waals surface area contributed by atoms with Crippen LogP contribution in [0.1, 0.15) is 15.9 Å². The van der Waals surface area contributed by atoms with Crippen LogP contribution < -0.4 is 11.1 Å². The number of carbonyl (C=O) groups excluding carboxylic acids is 1. The van der Waals surface area contributed by atoms with Crippen molar-refractivity contribution >= 4 is 29.0 Å². The van der Waals surface area contributed by atoms with Gasteiger partial charge >= 0.3 is 0 Å². The SMILES string of the molecule is N/C(=N/O)c1ccc(NC(=O)c2ccc(Cl)cc2F)cc1. The molecule has 1 amide bonds. The van der Waals surface area contributed by atoms with Crippen molar-refractivity contribution < 1.29 is 14.4 Å². The van der Waals surface area contributed by atoms with Crippen molar-refractivity contribution in [1.29, 1.82) is 0 Å². The lowest BCUT2D eigenvalue weighted by molar-refractivity contribution is 0.102. The number of carbonyl (C=O) groups is 1. The number of amidine groups is 1. The highest BCUT2D eigenvalue weighted by Crippen LogP contribution is 2.17. The van der Waals surface area contributed by atoms with E-state index in [1.54, 1.807) is 24.3 Å². The van der Waals surface area contributed by atoms with Gasteiger partial charge in [-0.05, 0) is 42.5 Å². The minimum atomic E-state index is -0.701. The molecule has 0 radical (unpaired) electrons. The van der Waals surface area contributed by atoms with E-state index in [0.29, 0.717) is 11.3 Å². The molecule has 0 aliphatic carbocycles. The molecule has 0 saturated carbocycles. The fraction of sp³-hybridized carbons (Fsp3) is 0. The van der Waals surface area contributed by atoms with Crippen LogP contribution in [0.15, 0.2) is 47.6 Å². The maximum absolute atomic E-state index is 13.6. The number of anilines is 1. The van der Waals surface area contributed by atoms with E-state index in [4.69, 9.17) is 22.5 Å². The van der Waals surface area contributed by atoms with E-state index >= 15 is 0 Å². The molecule has 5 nitrogen and oxygen atoms in total. The summed E-state index contributed by atoms with van der Waals surface area (Å²) in [5.41, 5.74) is 6.25. The average Bonchev–Trinajstić information content (AvgIpc) is 2.47. The van der Waals surface area contributed by atoms with Gasteiger partial charge in [-0.3, -0.25) is 4.79 Å². The molecular weight excluding hydrogens is 297 g/mol. The van der Waals surface area contributed by atoms with Crippen molar-refractivity contribution in [2.24, 2.45) is 10.9 Å². The van der Waals surface area contributed by atoms with Gasteiger partial charge in [-0.15, -0.1) is 0 Å². The number of nitrogens with two attached hydrogens (primary N) is 1. The van der Waals surface area contributed by atoms with Gasteiger partial charge in [0.25, 0.3) is 5.91 Å². The zero-order valence-electron chi connectivity index (χ0n) is 10.7. The lowest BCUT2D eigenvalue weighted by Gasteiger charge is -2.07. The van der Waals surface area contributed by atoms with Gasteiger partial charge in [0, 0.05) is 16.3 Å². The molecule has 108 valence electrons. The third kappa shape index (κ3) is 3.49. The normalized spacial score (nSPS) is 11.2. The minimum absolute atomic E-state index is 0.0448. The molecule has 2 rings (SSSR count). The van der Waals surface area contributed by atoms with Gasteiger partial charge in [0.05, 0.1) is 5.56 Å². The van der Waals surface area contributed by atoms with E-state index in [0.717, 1.165) is 6.07 Å². The maximum atomic E-state index is 13.6. The highest BCUT2D eigenvalue weighted by Gasteiger charge is 2.12. The monoisotopic (exact) mass is 307 g/mol. The first kappa shape index (κ1) is 14.8. The standard InChI is InChI=1S/C14H11ClFN3O2/c15-9-3-6-11(12(16)7-9)14(20)18-10-4-1-8(2-5-10)13(17)19-21/h1-7,21H,(H2,17,19)(H,18,20). The molecule has 2 aromatic carbocycles. The van der Waals surface area contributed by atoms with Gasteiger partial charge < -0.3 is 16.3 Å². The Morgan fingerprint density at radius 3 is 2.48 bits per heavy atom. The Balaban J connectivity index is 2.16. The van der Waals surface area contributed by atoms with Crippen molar-refractivity contribution in [3.8, 4) is 0 Å². The number of rotatable bonds is 3. The molecule has 0 bridgehead atoms. The first-order valence-electron chi connectivity index (χ1n) is 5.85. The lowest BCUT2D eigenvalue weighted by atomic mass is 10.1.